The highest BCUT2D eigenvalue weighted by Crippen LogP contribution is 2.02. The minimum Gasteiger partial charge on any atom is -0.467 e. The van der Waals surface area contributed by atoms with Crippen molar-refractivity contribution in [1.82, 2.24) is 5.32 Å². The van der Waals surface area contributed by atoms with E-state index < -0.39 is 11.6 Å². The van der Waals surface area contributed by atoms with Crippen LogP contribution in [0.3, 0.4) is 0 Å². The zero-order valence-electron chi connectivity index (χ0n) is 7.18. The molecule has 0 fully saturated rings. The summed E-state index contributed by atoms with van der Waals surface area (Å²) in [6, 6.07) is 0. The lowest BCUT2D eigenvalue weighted by molar-refractivity contribution is -0.159. The Labute approximate surface area is 66.5 Å². The number of rotatable bonds is 4. The lowest BCUT2D eigenvalue weighted by Gasteiger charge is -2.19. The SMILES string of the molecule is CCNCC(C)(O)C(=O)OC. The lowest BCUT2D eigenvalue weighted by atomic mass is 10.1. The van der Waals surface area contributed by atoms with Gasteiger partial charge in [0.1, 0.15) is 0 Å². The Balaban J connectivity index is 3.88. The minimum atomic E-state index is -1.41. The molecular weight excluding hydrogens is 146 g/mol. The number of hydrogen-bond donors (Lipinski definition) is 2. The van der Waals surface area contributed by atoms with Crippen LogP contribution in [0.4, 0.5) is 0 Å². The normalized spacial score (nSPS) is 15.6. The number of ether oxygens (including phenoxy) is 1. The van der Waals surface area contributed by atoms with Gasteiger partial charge in [-0.2, -0.15) is 0 Å². The minimum absolute atomic E-state index is 0.218. The van der Waals surface area contributed by atoms with Crippen LogP contribution in [0.25, 0.3) is 0 Å². The third-order valence-corrected chi connectivity index (χ3v) is 1.34. The summed E-state index contributed by atoms with van der Waals surface area (Å²) in [7, 11) is 1.25. The van der Waals surface area contributed by atoms with E-state index in [1.165, 1.54) is 14.0 Å². The molecule has 66 valence electrons. The average Bonchev–Trinajstić information content (AvgIpc) is 1.99. The maximum absolute atomic E-state index is 10.8. The highest BCUT2D eigenvalue weighted by molar-refractivity contribution is 5.78. The van der Waals surface area contributed by atoms with Crippen LogP contribution < -0.4 is 5.32 Å². The lowest BCUT2D eigenvalue weighted by Crippen LogP contribution is -2.45. The first-order chi connectivity index (χ1) is 5.04. The van der Waals surface area contributed by atoms with Gasteiger partial charge in [0.15, 0.2) is 5.60 Å². The van der Waals surface area contributed by atoms with Crippen LogP contribution in [0.15, 0.2) is 0 Å². The largest absolute Gasteiger partial charge is 0.467 e. The molecule has 0 aliphatic rings. The van der Waals surface area contributed by atoms with Gasteiger partial charge in [-0.25, -0.2) is 4.79 Å². The van der Waals surface area contributed by atoms with E-state index in [0.717, 1.165) is 0 Å². The van der Waals surface area contributed by atoms with Crippen molar-refractivity contribution >= 4 is 5.97 Å². The topological polar surface area (TPSA) is 58.6 Å². The van der Waals surface area contributed by atoms with Crippen molar-refractivity contribution < 1.29 is 14.6 Å². The highest BCUT2D eigenvalue weighted by atomic mass is 16.5. The first-order valence-electron chi connectivity index (χ1n) is 3.56. The molecule has 2 N–H and O–H groups in total. The van der Waals surface area contributed by atoms with Crippen molar-refractivity contribution in [1.29, 1.82) is 0 Å². The van der Waals surface area contributed by atoms with Crippen LogP contribution in [-0.4, -0.2) is 36.9 Å². The zero-order valence-corrected chi connectivity index (χ0v) is 7.18. The van der Waals surface area contributed by atoms with Crippen molar-refractivity contribution in [3.8, 4) is 0 Å². The van der Waals surface area contributed by atoms with E-state index in [1.54, 1.807) is 0 Å². The van der Waals surface area contributed by atoms with E-state index in [-0.39, 0.29) is 6.54 Å². The first kappa shape index (κ1) is 10.4. The van der Waals surface area contributed by atoms with Crippen LogP contribution in [0.2, 0.25) is 0 Å². The molecule has 0 aliphatic carbocycles. The van der Waals surface area contributed by atoms with Gasteiger partial charge >= 0.3 is 5.97 Å². The van der Waals surface area contributed by atoms with Crippen molar-refractivity contribution in [2.75, 3.05) is 20.2 Å². The fourth-order valence-electron chi connectivity index (χ4n) is 0.660. The van der Waals surface area contributed by atoms with E-state index in [0.29, 0.717) is 6.54 Å². The van der Waals surface area contributed by atoms with Gasteiger partial charge in [-0.05, 0) is 13.5 Å². The van der Waals surface area contributed by atoms with Crippen molar-refractivity contribution in [3.63, 3.8) is 0 Å². The van der Waals surface area contributed by atoms with Crippen molar-refractivity contribution in [2.45, 2.75) is 19.4 Å². The van der Waals surface area contributed by atoms with Crippen LogP contribution in [0.5, 0.6) is 0 Å². The molecule has 0 aliphatic heterocycles. The summed E-state index contributed by atoms with van der Waals surface area (Å²) < 4.78 is 4.38. The number of aliphatic hydroxyl groups is 1. The zero-order chi connectivity index (χ0) is 8.91. The Morgan fingerprint density at radius 3 is 2.64 bits per heavy atom. The first-order valence-corrected chi connectivity index (χ1v) is 3.56. The van der Waals surface area contributed by atoms with E-state index in [4.69, 9.17) is 0 Å². The highest BCUT2D eigenvalue weighted by Gasteiger charge is 2.30. The number of hydrogen-bond acceptors (Lipinski definition) is 4. The second kappa shape index (κ2) is 4.31. The Morgan fingerprint density at radius 1 is 1.73 bits per heavy atom. The smallest absolute Gasteiger partial charge is 0.338 e. The summed E-state index contributed by atoms with van der Waals surface area (Å²) in [6.45, 7) is 4.25. The Morgan fingerprint density at radius 2 is 2.27 bits per heavy atom. The monoisotopic (exact) mass is 161 g/mol. The number of likely N-dealkylation sites (N-methyl/N-ethyl adjacent to an activating group) is 1. The predicted octanol–water partition coefficient (Wildman–Crippen LogP) is -0.480. The van der Waals surface area contributed by atoms with Gasteiger partial charge < -0.3 is 15.2 Å². The van der Waals surface area contributed by atoms with Crippen LogP contribution in [0, 0.1) is 0 Å². The van der Waals surface area contributed by atoms with Gasteiger partial charge in [0.2, 0.25) is 0 Å². The number of carbonyl (C=O) groups is 1. The summed E-state index contributed by atoms with van der Waals surface area (Å²) in [4.78, 5) is 10.8. The Hall–Kier alpha value is -0.610. The van der Waals surface area contributed by atoms with E-state index in [9.17, 15) is 9.90 Å². The Kier molecular flexibility index (Phi) is 4.07. The van der Waals surface area contributed by atoms with E-state index >= 15 is 0 Å². The van der Waals surface area contributed by atoms with Crippen LogP contribution in [-0.2, 0) is 9.53 Å². The molecule has 0 spiro atoms. The molecule has 0 saturated heterocycles. The van der Waals surface area contributed by atoms with E-state index in [1.807, 2.05) is 6.92 Å². The molecule has 0 bridgehead atoms. The molecule has 0 amide bonds. The predicted molar refractivity (Wildman–Crippen MR) is 41.2 cm³/mol. The van der Waals surface area contributed by atoms with Crippen LogP contribution in [0.1, 0.15) is 13.8 Å². The maximum atomic E-state index is 10.8. The summed E-state index contributed by atoms with van der Waals surface area (Å²) in [5.41, 5.74) is -1.41. The molecule has 1 atom stereocenters. The van der Waals surface area contributed by atoms with Gasteiger partial charge in [-0.3, -0.25) is 0 Å². The molecule has 0 rings (SSSR count). The average molecular weight is 161 g/mol. The maximum Gasteiger partial charge on any atom is 0.338 e. The molecule has 0 heterocycles. The number of nitrogens with one attached hydrogen (secondary N) is 1. The second-order valence-corrected chi connectivity index (χ2v) is 2.55. The van der Waals surface area contributed by atoms with Crippen molar-refractivity contribution in [2.24, 2.45) is 0 Å². The summed E-state index contributed by atoms with van der Waals surface area (Å²) in [5, 5.41) is 12.2. The number of methoxy groups -OCH3 is 1. The quantitative estimate of drug-likeness (QED) is 0.547. The molecule has 11 heavy (non-hydrogen) atoms. The number of carbonyl (C=O) groups excluding carboxylic acids is 1. The van der Waals surface area contributed by atoms with Gasteiger partial charge in [-0.15, -0.1) is 0 Å². The van der Waals surface area contributed by atoms with Gasteiger partial charge in [0, 0.05) is 6.54 Å². The molecule has 4 nitrogen and oxygen atoms in total. The third-order valence-electron chi connectivity index (χ3n) is 1.34. The molecule has 0 aromatic carbocycles. The van der Waals surface area contributed by atoms with Gasteiger partial charge in [0.05, 0.1) is 7.11 Å². The Bertz CT molecular complexity index is 134. The molecule has 0 aromatic heterocycles. The van der Waals surface area contributed by atoms with E-state index in [2.05, 4.69) is 10.1 Å². The van der Waals surface area contributed by atoms with Gasteiger partial charge in [-0.1, -0.05) is 6.92 Å². The molecule has 0 saturated carbocycles. The van der Waals surface area contributed by atoms with Crippen molar-refractivity contribution in [3.05, 3.63) is 0 Å². The molecule has 4 heteroatoms. The molecule has 1 unspecified atom stereocenters. The summed E-state index contributed by atoms with van der Waals surface area (Å²) in [5.74, 6) is -0.613. The molecular formula is C7H15NO3. The standard InChI is InChI=1S/C7H15NO3/c1-4-8-5-7(2,10)6(9)11-3/h8,10H,4-5H2,1-3H3. The fourth-order valence-corrected chi connectivity index (χ4v) is 0.660. The van der Waals surface area contributed by atoms with Crippen LogP contribution >= 0.6 is 0 Å². The second-order valence-electron chi connectivity index (χ2n) is 2.55. The summed E-state index contributed by atoms with van der Waals surface area (Å²) in [6.07, 6.45) is 0. The molecule has 0 aromatic rings. The molecule has 0 radical (unpaired) electrons. The fraction of sp³-hybridized carbons (Fsp3) is 0.857. The number of esters is 1. The van der Waals surface area contributed by atoms with Gasteiger partial charge in [0.25, 0.3) is 0 Å². The summed E-state index contributed by atoms with van der Waals surface area (Å²) >= 11 is 0. The third kappa shape index (κ3) is 3.34.